The summed E-state index contributed by atoms with van der Waals surface area (Å²) in [6.45, 7) is 0.239. The Morgan fingerprint density at radius 1 is 1.04 bits per heavy atom. The van der Waals surface area contributed by atoms with Crippen LogP contribution in [0.2, 0.25) is 0 Å². The zero-order chi connectivity index (χ0) is 19.2. The van der Waals surface area contributed by atoms with E-state index in [-0.39, 0.29) is 25.8 Å². The number of fused-ring (bicyclic) bond motifs is 4. The fourth-order valence-electron chi connectivity index (χ4n) is 2.54. The van der Waals surface area contributed by atoms with Crippen LogP contribution in [0.5, 0.6) is 11.5 Å². The molecule has 0 bridgehead atoms. The van der Waals surface area contributed by atoms with Crippen LogP contribution in [0.15, 0.2) is 52.0 Å². The highest BCUT2D eigenvalue weighted by molar-refractivity contribution is 6.28. The Bertz CT molecular complexity index is 1110. The molecule has 0 N–H and O–H groups in total. The second kappa shape index (κ2) is 8.31. The average molecular weight is 377 g/mol. The van der Waals surface area contributed by atoms with Crippen molar-refractivity contribution < 1.29 is 19.0 Å². The van der Waals surface area contributed by atoms with Gasteiger partial charge in [0, 0.05) is 35.6 Å². The summed E-state index contributed by atoms with van der Waals surface area (Å²) >= 11 is 0. The minimum Gasteiger partial charge on any atom is -0.454 e. The number of ether oxygens (including phenoxy) is 3. The average Bonchev–Trinajstić information content (AvgIpc) is 3.18. The number of rotatable bonds is 0. The molecule has 0 aliphatic carbocycles. The van der Waals surface area contributed by atoms with E-state index in [1.54, 1.807) is 24.6 Å². The van der Waals surface area contributed by atoms with Gasteiger partial charge in [-0.25, -0.2) is 15.0 Å². The second-order valence-corrected chi connectivity index (χ2v) is 5.69. The predicted octanol–water partition coefficient (Wildman–Crippen LogP) is 0.497. The molecule has 0 fully saturated rings. The SMILES string of the molecule is O=C1C=NC=CN=Cc2ccc3c(c2N=c2ncncc2=CCOC1)OCO3. The van der Waals surface area contributed by atoms with Gasteiger partial charge in [0.1, 0.15) is 18.6 Å². The molecular weight excluding hydrogens is 362 g/mol. The van der Waals surface area contributed by atoms with Gasteiger partial charge in [-0.15, -0.1) is 0 Å². The molecule has 1 aromatic carbocycles. The maximum atomic E-state index is 11.7. The Hall–Kier alpha value is -3.72. The molecule has 0 saturated heterocycles. The van der Waals surface area contributed by atoms with Gasteiger partial charge in [-0.3, -0.25) is 14.8 Å². The lowest BCUT2D eigenvalue weighted by atomic mass is 10.1. The Kier molecular flexibility index (Phi) is 5.25. The van der Waals surface area contributed by atoms with E-state index in [2.05, 4.69) is 24.9 Å². The first kappa shape index (κ1) is 17.7. The first-order chi connectivity index (χ1) is 13.8. The molecule has 140 valence electrons. The van der Waals surface area contributed by atoms with Crippen molar-refractivity contribution in [3.8, 4) is 11.5 Å². The van der Waals surface area contributed by atoms with Crippen LogP contribution in [0.4, 0.5) is 5.69 Å². The third-order valence-electron chi connectivity index (χ3n) is 3.82. The summed E-state index contributed by atoms with van der Waals surface area (Å²) in [5.74, 6) is 0.881. The fourth-order valence-corrected chi connectivity index (χ4v) is 2.54. The van der Waals surface area contributed by atoms with E-state index in [0.29, 0.717) is 33.5 Å². The van der Waals surface area contributed by atoms with Gasteiger partial charge in [-0.1, -0.05) is 0 Å². The molecule has 9 heteroatoms. The molecule has 0 amide bonds. The number of hydrogen-bond acceptors (Lipinski definition) is 9. The highest BCUT2D eigenvalue weighted by atomic mass is 16.7. The molecule has 4 rings (SSSR count). The van der Waals surface area contributed by atoms with Crippen LogP contribution in [-0.2, 0) is 9.53 Å². The highest BCUT2D eigenvalue weighted by Crippen LogP contribution is 2.42. The molecule has 0 radical (unpaired) electrons. The van der Waals surface area contributed by atoms with Gasteiger partial charge in [0.25, 0.3) is 0 Å². The fraction of sp³-hybridized carbons (Fsp3) is 0.158. The van der Waals surface area contributed by atoms with Crippen molar-refractivity contribution in [1.82, 2.24) is 9.97 Å². The van der Waals surface area contributed by atoms with Crippen molar-refractivity contribution in [2.75, 3.05) is 20.0 Å². The van der Waals surface area contributed by atoms with Gasteiger partial charge in [-0.2, -0.15) is 0 Å². The molecule has 0 saturated carbocycles. The molecule has 9 nitrogen and oxygen atoms in total. The number of ketones is 1. The van der Waals surface area contributed by atoms with Crippen LogP contribution < -0.4 is 20.2 Å². The van der Waals surface area contributed by atoms with Gasteiger partial charge in [0.05, 0.1) is 12.8 Å². The second-order valence-electron chi connectivity index (χ2n) is 5.69. The maximum Gasteiger partial charge on any atom is 0.231 e. The van der Waals surface area contributed by atoms with Crippen LogP contribution in [0.1, 0.15) is 5.56 Å². The van der Waals surface area contributed by atoms with Gasteiger partial charge in [-0.05, 0) is 18.2 Å². The van der Waals surface area contributed by atoms with Crippen LogP contribution in [-0.4, -0.2) is 48.2 Å². The number of carbonyl (C=O) groups excluding carboxylic acids is 1. The number of aromatic nitrogens is 2. The lowest BCUT2D eigenvalue weighted by Crippen LogP contribution is -2.29. The minimum atomic E-state index is -0.249. The number of Topliss-reactive ketones (excluding diaryl/α,β-unsaturated/α-hetero) is 1. The number of nitrogens with zero attached hydrogens (tertiary/aromatic N) is 5. The van der Waals surface area contributed by atoms with E-state index in [0.717, 1.165) is 0 Å². The summed E-state index contributed by atoms with van der Waals surface area (Å²) in [7, 11) is 0. The number of hydrogen-bond donors (Lipinski definition) is 0. The van der Waals surface area contributed by atoms with Crippen molar-refractivity contribution >= 4 is 30.0 Å². The first-order valence-corrected chi connectivity index (χ1v) is 8.41. The van der Waals surface area contributed by atoms with Crippen LogP contribution in [0.25, 0.3) is 6.08 Å². The Morgan fingerprint density at radius 3 is 2.86 bits per heavy atom. The minimum absolute atomic E-state index is 0.0845. The smallest absolute Gasteiger partial charge is 0.231 e. The quantitative estimate of drug-likeness (QED) is 0.662. The molecule has 3 heterocycles. The van der Waals surface area contributed by atoms with Gasteiger partial charge in [0.15, 0.2) is 22.8 Å². The summed E-state index contributed by atoms with van der Waals surface area (Å²) in [5, 5.41) is 0.662. The monoisotopic (exact) mass is 377 g/mol. The van der Waals surface area contributed by atoms with E-state index < -0.39 is 0 Å². The van der Waals surface area contributed by atoms with E-state index >= 15 is 0 Å². The summed E-state index contributed by atoms with van der Waals surface area (Å²) in [5.41, 5.74) is 1.70. The van der Waals surface area contributed by atoms with Crippen molar-refractivity contribution in [3.63, 3.8) is 0 Å². The Balaban J connectivity index is 1.88. The van der Waals surface area contributed by atoms with E-state index in [9.17, 15) is 4.79 Å². The van der Waals surface area contributed by atoms with Crippen molar-refractivity contribution in [1.29, 1.82) is 0 Å². The first-order valence-electron chi connectivity index (χ1n) is 8.41. The highest BCUT2D eigenvalue weighted by Gasteiger charge is 2.20. The number of benzene rings is 1. The third-order valence-corrected chi connectivity index (χ3v) is 3.82. The molecule has 0 spiro atoms. The molecule has 2 aliphatic heterocycles. The Labute approximate surface area is 159 Å². The van der Waals surface area contributed by atoms with E-state index in [1.165, 1.54) is 24.9 Å². The van der Waals surface area contributed by atoms with Crippen LogP contribution in [0.3, 0.4) is 0 Å². The molecular formula is C19H15N5O4. The molecule has 2 aromatic rings. The lowest BCUT2D eigenvalue weighted by molar-refractivity contribution is -0.116. The van der Waals surface area contributed by atoms with E-state index in [4.69, 9.17) is 14.2 Å². The normalized spacial score (nSPS) is 16.1. The predicted molar refractivity (Wildman–Crippen MR) is 101 cm³/mol. The summed E-state index contributed by atoms with van der Waals surface area (Å²) in [4.78, 5) is 32.7. The number of aliphatic imine (C=N–C) groups is 2. The standard InChI is InChI=1S/C19H15N5O4/c25-15-9-21-5-4-20-7-13-1-2-16-18(28-12-27-16)17(13)24-19-14(3-6-26-10-15)8-22-11-23-19/h1-5,7-9,11H,6,10,12H2. The number of carbonyl (C=O) groups is 1. The summed E-state index contributed by atoms with van der Waals surface area (Å²) in [6, 6.07) is 3.62. The zero-order valence-electron chi connectivity index (χ0n) is 14.7. The van der Waals surface area contributed by atoms with Crippen molar-refractivity contribution in [2.24, 2.45) is 15.0 Å². The van der Waals surface area contributed by atoms with E-state index in [1.807, 2.05) is 6.07 Å². The van der Waals surface area contributed by atoms with Crippen molar-refractivity contribution in [3.05, 3.63) is 53.3 Å². The van der Waals surface area contributed by atoms with Gasteiger partial charge >= 0.3 is 0 Å². The molecule has 1 aromatic heterocycles. The van der Waals surface area contributed by atoms with Gasteiger partial charge < -0.3 is 14.2 Å². The van der Waals surface area contributed by atoms with Gasteiger partial charge in [0.2, 0.25) is 6.79 Å². The van der Waals surface area contributed by atoms with Crippen LogP contribution in [0, 0.1) is 0 Å². The molecule has 0 atom stereocenters. The zero-order valence-corrected chi connectivity index (χ0v) is 14.7. The largest absolute Gasteiger partial charge is 0.454 e. The summed E-state index contributed by atoms with van der Waals surface area (Å²) < 4.78 is 16.4. The summed E-state index contributed by atoms with van der Waals surface area (Å²) in [6.07, 6.45) is 10.5. The van der Waals surface area contributed by atoms with Crippen molar-refractivity contribution in [2.45, 2.75) is 0 Å². The van der Waals surface area contributed by atoms with Crippen LogP contribution >= 0.6 is 0 Å². The Morgan fingerprint density at radius 2 is 1.93 bits per heavy atom. The molecule has 2 aliphatic rings. The maximum absolute atomic E-state index is 11.7. The molecule has 28 heavy (non-hydrogen) atoms. The topological polar surface area (TPSA) is 108 Å². The molecule has 0 unspecified atom stereocenters. The lowest BCUT2D eigenvalue weighted by Gasteiger charge is -2.04. The third kappa shape index (κ3) is 3.99.